The van der Waals surface area contributed by atoms with E-state index < -0.39 is 11.2 Å². The minimum absolute atomic E-state index is 0.00306. The van der Waals surface area contributed by atoms with Gasteiger partial charge in [-0.2, -0.15) is 0 Å². The van der Waals surface area contributed by atoms with Gasteiger partial charge < -0.3 is 9.66 Å². The van der Waals surface area contributed by atoms with Gasteiger partial charge in [0.25, 0.3) is 0 Å². The van der Waals surface area contributed by atoms with Crippen LogP contribution in [0.2, 0.25) is 0 Å². The molecule has 1 atom stereocenters. The lowest BCUT2D eigenvalue weighted by Gasteiger charge is -2.29. The predicted octanol–water partition coefficient (Wildman–Crippen LogP) is 3.40. The van der Waals surface area contributed by atoms with Crippen LogP contribution in [0.1, 0.15) is 37.8 Å². The van der Waals surface area contributed by atoms with Crippen molar-refractivity contribution in [1.82, 2.24) is 0 Å². The molecular weight excluding hydrogens is 272 g/mol. The van der Waals surface area contributed by atoms with Crippen LogP contribution in [0, 0.1) is 12.3 Å². The topological polar surface area (TPSA) is 60.4 Å². The van der Waals surface area contributed by atoms with Gasteiger partial charge in [-0.15, -0.1) is 0 Å². The average molecular weight is 292 g/mol. The molecule has 0 fully saturated rings. The molecule has 0 aliphatic heterocycles. The van der Waals surface area contributed by atoms with Crippen LogP contribution in [0.25, 0.3) is 0 Å². The van der Waals surface area contributed by atoms with Crippen LogP contribution < -0.4 is 0 Å². The van der Waals surface area contributed by atoms with E-state index in [-0.39, 0.29) is 27.6 Å². The molecule has 0 saturated heterocycles. The van der Waals surface area contributed by atoms with Crippen LogP contribution in [0.5, 0.6) is 0 Å². The molecule has 4 heteroatoms. The number of Topliss-reactive ketones (excluding diaryl/α,β-unsaturated/α-hetero) is 1. The van der Waals surface area contributed by atoms with E-state index in [2.05, 4.69) is 0 Å². The highest BCUT2D eigenvalue weighted by molar-refractivity contribution is 7.95. The van der Waals surface area contributed by atoms with Gasteiger partial charge in [-0.1, -0.05) is 43.7 Å². The first-order valence-corrected chi connectivity index (χ1v) is 8.00. The number of benzene rings is 1. The number of rotatable bonds is 3. The number of carbonyl (C=O) groups is 1. The molecule has 0 bridgehead atoms. The third kappa shape index (κ3) is 3.44. The van der Waals surface area contributed by atoms with Gasteiger partial charge in [-0.05, 0) is 23.5 Å². The number of hydrogen-bond acceptors (Lipinski definition) is 3. The lowest BCUT2D eigenvalue weighted by atomic mass is 9.79. The zero-order valence-electron chi connectivity index (χ0n) is 12.1. The van der Waals surface area contributed by atoms with Crippen LogP contribution in [0.3, 0.4) is 0 Å². The number of carbonyl (C=O) groups excluding carboxylic acids is 1. The zero-order valence-corrected chi connectivity index (χ0v) is 12.9. The SMILES string of the molecule is Cc1ccc(C[S+]([O-])C2=C(O)CC(C)(C)CC2=O)cc1. The maximum Gasteiger partial charge on any atom is 0.233 e. The molecule has 3 nitrogen and oxygen atoms in total. The summed E-state index contributed by atoms with van der Waals surface area (Å²) in [5.74, 6) is 0.0761. The van der Waals surface area contributed by atoms with Gasteiger partial charge in [0.15, 0.2) is 5.76 Å². The van der Waals surface area contributed by atoms with Crippen molar-refractivity contribution in [2.75, 3.05) is 0 Å². The molecule has 108 valence electrons. The summed E-state index contributed by atoms with van der Waals surface area (Å²) in [5, 5.41) is 10.0. The molecule has 0 saturated carbocycles. The highest BCUT2D eigenvalue weighted by Gasteiger charge is 2.39. The Labute approximate surface area is 122 Å². The van der Waals surface area contributed by atoms with Crippen molar-refractivity contribution in [2.45, 2.75) is 39.4 Å². The Morgan fingerprint density at radius 1 is 1.25 bits per heavy atom. The first kappa shape index (κ1) is 15.1. The standard InChI is InChI=1S/C16H20O3S/c1-11-4-6-12(7-5-11)10-20(19)15-13(17)8-16(2,3)9-14(15)18/h4-7,17H,8-10H2,1-3H3. The number of aryl methyl sites for hydroxylation is 1. The quantitative estimate of drug-likeness (QED) is 0.869. The number of ketones is 1. The fourth-order valence-electron chi connectivity index (χ4n) is 2.44. The Hall–Kier alpha value is -1.26. The summed E-state index contributed by atoms with van der Waals surface area (Å²) >= 11 is -1.48. The molecule has 1 aliphatic rings. The summed E-state index contributed by atoms with van der Waals surface area (Å²) < 4.78 is 12.4. The van der Waals surface area contributed by atoms with E-state index in [9.17, 15) is 14.5 Å². The number of aliphatic hydroxyl groups is 1. The van der Waals surface area contributed by atoms with Gasteiger partial charge >= 0.3 is 0 Å². The molecular formula is C16H20O3S. The van der Waals surface area contributed by atoms with Gasteiger partial charge in [0, 0.05) is 18.4 Å². The summed E-state index contributed by atoms with van der Waals surface area (Å²) in [6.45, 7) is 5.85. The minimum Gasteiger partial charge on any atom is -0.611 e. The van der Waals surface area contributed by atoms with E-state index in [1.165, 1.54) is 0 Å². The van der Waals surface area contributed by atoms with Crippen molar-refractivity contribution in [2.24, 2.45) is 5.41 Å². The van der Waals surface area contributed by atoms with Crippen LogP contribution in [-0.2, 0) is 21.7 Å². The van der Waals surface area contributed by atoms with Crippen molar-refractivity contribution in [1.29, 1.82) is 0 Å². The van der Waals surface area contributed by atoms with Gasteiger partial charge in [0.05, 0.1) is 0 Å². The molecule has 0 aromatic heterocycles. The second kappa shape index (κ2) is 5.62. The number of aliphatic hydroxyl groups excluding tert-OH is 1. The summed E-state index contributed by atoms with van der Waals surface area (Å²) in [6.07, 6.45) is 0.750. The molecule has 0 heterocycles. The molecule has 2 rings (SSSR count). The molecule has 0 amide bonds. The van der Waals surface area contributed by atoms with Crippen molar-refractivity contribution < 1.29 is 14.5 Å². The van der Waals surface area contributed by atoms with Crippen LogP contribution in [-0.4, -0.2) is 15.4 Å². The van der Waals surface area contributed by atoms with Gasteiger partial charge in [0.1, 0.15) is 5.75 Å². The molecule has 1 unspecified atom stereocenters. The Morgan fingerprint density at radius 2 is 1.85 bits per heavy atom. The van der Waals surface area contributed by atoms with E-state index in [1.807, 2.05) is 45.0 Å². The van der Waals surface area contributed by atoms with Crippen molar-refractivity contribution in [3.8, 4) is 0 Å². The summed E-state index contributed by atoms with van der Waals surface area (Å²) in [5.41, 5.74) is 1.79. The average Bonchev–Trinajstić information content (AvgIpc) is 2.29. The van der Waals surface area contributed by atoms with E-state index >= 15 is 0 Å². The highest BCUT2D eigenvalue weighted by Crippen LogP contribution is 2.38. The molecule has 20 heavy (non-hydrogen) atoms. The Kier molecular flexibility index (Phi) is 4.25. The molecule has 1 N–H and O–H groups in total. The molecule has 1 aliphatic carbocycles. The minimum atomic E-state index is -1.48. The van der Waals surface area contributed by atoms with E-state index in [4.69, 9.17) is 0 Å². The largest absolute Gasteiger partial charge is 0.611 e. The second-order valence-corrected chi connectivity index (χ2v) is 7.58. The molecule has 1 aromatic carbocycles. The van der Waals surface area contributed by atoms with Gasteiger partial charge in [-0.25, -0.2) is 0 Å². The van der Waals surface area contributed by atoms with Gasteiger partial charge in [0.2, 0.25) is 10.7 Å². The normalized spacial score (nSPS) is 20.1. The summed E-state index contributed by atoms with van der Waals surface area (Å²) in [7, 11) is 0. The van der Waals surface area contributed by atoms with Crippen molar-refractivity contribution in [3.05, 3.63) is 46.1 Å². The third-order valence-electron chi connectivity index (χ3n) is 3.45. The van der Waals surface area contributed by atoms with Crippen LogP contribution >= 0.6 is 0 Å². The van der Waals surface area contributed by atoms with Crippen LogP contribution in [0.15, 0.2) is 34.9 Å². The maximum atomic E-state index is 12.4. The number of allylic oxidation sites excluding steroid dienone is 2. The predicted molar refractivity (Wildman–Crippen MR) is 80.7 cm³/mol. The lowest BCUT2D eigenvalue weighted by molar-refractivity contribution is -0.117. The smallest absolute Gasteiger partial charge is 0.233 e. The second-order valence-electron chi connectivity index (χ2n) is 6.19. The Balaban J connectivity index is 2.18. The molecule has 0 spiro atoms. The highest BCUT2D eigenvalue weighted by atomic mass is 32.2. The third-order valence-corrected chi connectivity index (χ3v) is 4.96. The molecule has 0 radical (unpaired) electrons. The van der Waals surface area contributed by atoms with E-state index in [0.717, 1.165) is 11.1 Å². The summed E-state index contributed by atoms with van der Waals surface area (Å²) in [4.78, 5) is 12.2. The zero-order chi connectivity index (χ0) is 14.9. The number of hydrogen-bond donors (Lipinski definition) is 1. The first-order valence-electron chi connectivity index (χ1n) is 6.68. The van der Waals surface area contributed by atoms with Crippen molar-refractivity contribution >= 4 is 17.0 Å². The van der Waals surface area contributed by atoms with Gasteiger partial charge in [-0.3, -0.25) is 4.79 Å². The summed E-state index contributed by atoms with van der Waals surface area (Å²) in [6, 6.07) is 7.71. The molecule has 1 aromatic rings. The van der Waals surface area contributed by atoms with Crippen LogP contribution in [0.4, 0.5) is 0 Å². The van der Waals surface area contributed by atoms with E-state index in [0.29, 0.717) is 12.8 Å². The van der Waals surface area contributed by atoms with E-state index in [1.54, 1.807) is 0 Å². The Bertz CT molecular complexity index is 543. The lowest BCUT2D eigenvalue weighted by Crippen LogP contribution is -2.29. The first-order chi connectivity index (χ1) is 9.28. The fraction of sp³-hybridized carbons (Fsp3) is 0.438. The monoisotopic (exact) mass is 292 g/mol. The Morgan fingerprint density at radius 3 is 2.40 bits per heavy atom. The fourth-order valence-corrected chi connectivity index (χ4v) is 3.74. The van der Waals surface area contributed by atoms with Crippen molar-refractivity contribution in [3.63, 3.8) is 0 Å². The maximum absolute atomic E-state index is 12.4.